The third kappa shape index (κ3) is 3.82. The lowest BCUT2D eigenvalue weighted by atomic mass is 10.2. The molecule has 0 fully saturated rings. The number of carbonyl (C=O) groups is 1. The first-order chi connectivity index (χ1) is 15.3. The lowest BCUT2D eigenvalue weighted by Crippen LogP contribution is -2.30. The van der Waals surface area contributed by atoms with Crippen LogP contribution in [0, 0.1) is 0 Å². The van der Waals surface area contributed by atoms with Gasteiger partial charge in [-0.3, -0.25) is 9.69 Å². The SMILES string of the molecule is COCCn1c(SCC(=O)N2c3ccccc3Sc3ccccc32)nc2cccnc21. The van der Waals surface area contributed by atoms with Crippen LogP contribution in [0.1, 0.15) is 0 Å². The number of hydrogen-bond acceptors (Lipinski definition) is 6. The number of ether oxygens (including phenoxy) is 1. The molecule has 4 aromatic rings. The Balaban J connectivity index is 1.44. The molecule has 2 aromatic heterocycles. The van der Waals surface area contributed by atoms with Gasteiger partial charge in [0.1, 0.15) is 5.52 Å². The third-order valence-electron chi connectivity index (χ3n) is 4.99. The number of aromatic nitrogens is 3. The zero-order valence-corrected chi connectivity index (χ0v) is 18.5. The summed E-state index contributed by atoms with van der Waals surface area (Å²) in [6, 6.07) is 19.9. The average molecular weight is 449 g/mol. The maximum atomic E-state index is 13.5. The molecule has 0 bridgehead atoms. The quantitative estimate of drug-likeness (QED) is 0.387. The molecule has 0 unspecified atom stereocenters. The van der Waals surface area contributed by atoms with E-state index in [1.807, 2.05) is 58.0 Å². The topological polar surface area (TPSA) is 60.2 Å². The van der Waals surface area contributed by atoms with Crippen molar-refractivity contribution in [1.82, 2.24) is 14.5 Å². The van der Waals surface area contributed by atoms with Gasteiger partial charge in [0.05, 0.1) is 30.3 Å². The predicted octanol–water partition coefficient (Wildman–Crippen LogP) is 5.00. The molecule has 0 atom stereocenters. The maximum Gasteiger partial charge on any atom is 0.242 e. The van der Waals surface area contributed by atoms with Gasteiger partial charge in [-0.2, -0.15) is 0 Å². The van der Waals surface area contributed by atoms with Crippen LogP contribution in [0.15, 0.2) is 81.8 Å². The normalized spacial score (nSPS) is 12.6. The van der Waals surface area contributed by atoms with Crippen molar-refractivity contribution in [2.75, 3.05) is 24.4 Å². The minimum Gasteiger partial charge on any atom is -0.383 e. The molecule has 31 heavy (non-hydrogen) atoms. The van der Waals surface area contributed by atoms with Crippen LogP contribution in [-0.4, -0.2) is 39.9 Å². The highest BCUT2D eigenvalue weighted by molar-refractivity contribution is 8.00. The Morgan fingerprint density at radius 3 is 2.45 bits per heavy atom. The summed E-state index contributed by atoms with van der Waals surface area (Å²) in [6.45, 7) is 1.18. The summed E-state index contributed by atoms with van der Waals surface area (Å²) in [6.07, 6.45) is 1.76. The summed E-state index contributed by atoms with van der Waals surface area (Å²) >= 11 is 3.13. The number of carbonyl (C=O) groups excluding carboxylic acids is 1. The van der Waals surface area contributed by atoms with Crippen molar-refractivity contribution in [2.24, 2.45) is 0 Å². The lowest BCUT2D eigenvalue weighted by Gasteiger charge is -2.30. The zero-order valence-electron chi connectivity index (χ0n) is 16.9. The van der Waals surface area contributed by atoms with Gasteiger partial charge in [-0.15, -0.1) is 0 Å². The van der Waals surface area contributed by atoms with E-state index < -0.39 is 0 Å². The van der Waals surface area contributed by atoms with Crippen LogP contribution in [0.25, 0.3) is 11.2 Å². The molecule has 5 rings (SSSR count). The molecule has 0 spiro atoms. The molecule has 0 radical (unpaired) electrons. The monoisotopic (exact) mass is 448 g/mol. The fraction of sp³-hybridized carbons (Fsp3) is 0.174. The van der Waals surface area contributed by atoms with Crippen molar-refractivity contribution in [3.63, 3.8) is 0 Å². The first-order valence-corrected chi connectivity index (χ1v) is 11.7. The maximum absolute atomic E-state index is 13.5. The zero-order chi connectivity index (χ0) is 21.2. The molecule has 0 N–H and O–H groups in total. The molecule has 1 aliphatic heterocycles. The van der Waals surface area contributed by atoms with E-state index in [2.05, 4.69) is 17.1 Å². The number of pyridine rings is 1. The van der Waals surface area contributed by atoms with E-state index in [9.17, 15) is 4.79 Å². The minimum atomic E-state index is 0.0171. The molecule has 0 saturated heterocycles. The predicted molar refractivity (Wildman–Crippen MR) is 124 cm³/mol. The molecule has 156 valence electrons. The second kappa shape index (κ2) is 8.74. The Hall–Kier alpha value is -2.81. The first-order valence-electron chi connectivity index (χ1n) is 9.88. The van der Waals surface area contributed by atoms with E-state index in [1.54, 1.807) is 25.1 Å². The van der Waals surface area contributed by atoms with Crippen LogP contribution in [0.2, 0.25) is 0 Å². The lowest BCUT2D eigenvalue weighted by molar-refractivity contribution is -0.115. The van der Waals surface area contributed by atoms with Crippen LogP contribution in [0.3, 0.4) is 0 Å². The summed E-state index contributed by atoms with van der Waals surface area (Å²) in [4.78, 5) is 26.6. The number of rotatable bonds is 6. The summed E-state index contributed by atoms with van der Waals surface area (Å²) in [7, 11) is 1.67. The van der Waals surface area contributed by atoms with E-state index in [0.29, 0.717) is 13.2 Å². The number of fused-ring (bicyclic) bond motifs is 3. The Bertz CT molecular complexity index is 1210. The van der Waals surface area contributed by atoms with E-state index in [1.165, 1.54) is 11.8 Å². The molecule has 2 aromatic carbocycles. The standard InChI is InChI=1S/C23H20N4O2S2/c1-29-14-13-26-22-16(7-6-12-24-22)25-23(26)30-15-21(28)27-17-8-2-4-10-19(17)31-20-11-5-3-9-18(20)27/h2-12H,13-15H2,1H3. The number of methoxy groups -OCH3 is 1. The fourth-order valence-electron chi connectivity index (χ4n) is 3.60. The number of hydrogen-bond donors (Lipinski definition) is 0. The van der Waals surface area contributed by atoms with Crippen LogP contribution < -0.4 is 4.90 Å². The van der Waals surface area contributed by atoms with E-state index in [-0.39, 0.29) is 11.7 Å². The number of para-hydroxylation sites is 2. The molecule has 1 aliphatic rings. The van der Waals surface area contributed by atoms with Crippen molar-refractivity contribution in [1.29, 1.82) is 0 Å². The Morgan fingerprint density at radius 2 is 1.74 bits per heavy atom. The van der Waals surface area contributed by atoms with Gasteiger partial charge in [0.25, 0.3) is 0 Å². The van der Waals surface area contributed by atoms with Crippen molar-refractivity contribution in [3.8, 4) is 0 Å². The average Bonchev–Trinajstić information content (AvgIpc) is 3.17. The molecule has 8 heteroatoms. The van der Waals surface area contributed by atoms with Crippen LogP contribution >= 0.6 is 23.5 Å². The van der Waals surface area contributed by atoms with Gasteiger partial charge < -0.3 is 9.30 Å². The molecular formula is C23H20N4O2S2. The number of benzene rings is 2. The first kappa shape index (κ1) is 20.1. The highest BCUT2D eigenvalue weighted by Gasteiger charge is 2.28. The van der Waals surface area contributed by atoms with Gasteiger partial charge in [0, 0.05) is 23.1 Å². The number of amides is 1. The van der Waals surface area contributed by atoms with Gasteiger partial charge >= 0.3 is 0 Å². The number of imidazole rings is 1. The largest absolute Gasteiger partial charge is 0.383 e. The van der Waals surface area contributed by atoms with E-state index in [4.69, 9.17) is 9.72 Å². The van der Waals surface area contributed by atoms with Gasteiger partial charge in [-0.25, -0.2) is 9.97 Å². The molecule has 1 amide bonds. The number of anilines is 2. The van der Waals surface area contributed by atoms with Crippen molar-refractivity contribution >= 4 is 52.0 Å². The van der Waals surface area contributed by atoms with Gasteiger partial charge in [-0.1, -0.05) is 47.8 Å². The van der Waals surface area contributed by atoms with Gasteiger partial charge in [0.2, 0.25) is 5.91 Å². The van der Waals surface area contributed by atoms with Gasteiger partial charge in [0.15, 0.2) is 10.8 Å². The molecule has 6 nitrogen and oxygen atoms in total. The Labute approximate surface area is 188 Å². The summed E-state index contributed by atoms with van der Waals surface area (Å²) < 4.78 is 7.27. The number of nitrogens with zero attached hydrogens (tertiary/aromatic N) is 4. The second-order valence-corrected chi connectivity index (χ2v) is 8.97. The molecule has 0 saturated carbocycles. The van der Waals surface area contributed by atoms with Crippen LogP contribution in [-0.2, 0) is 16.1 Å². The fourth-order valence-corrected chi connectivity index (χ4v) is 5.53. The van der Waals surface area contributed by atoms with Gasteiger partial charge in [-0.05, 0) is 36.4 Å². The Kier molecular flexibility index (Phi) is 5.67. The Morgan fingerprint density at radius 1 is 1.03 bits per heavy atom. The van der Waals surface area contributed by atoms with Crippen LogP contribution in [0.5, 0.6) is 0 Å². The smallest absolute Gasteiger partial charge is 0.242 e. The van der Waals surface area contributed by atoms with Crippen molar-refractivity contribution in [2.45, 2.75) is 21.5 Å². The van der Waals surface area contributed by atoms with Crippen LogP contribution in [0.4, 0.5) is 11.4 Å². The summed E-state index contributed by atoms with van der Waals surface area (Å²) in [5.41, 5.74) is 3.47. The van der Waals surface area contributed by atoms with E-state index in [0.717, 1.165) is 37.5 Å². The third-order valence-corrected chi connectivity index (χ3v) is 7.09. The van der Waals surface area contributed by atoms with E-state index >= 15 is 0 Å². The highest BCUT2D eigenvalue weighted by atomic mass is 32.2. The minimum absolute atomic E-state index is 0.0171. The summed E-state index contributed by atoms with van der Waals surface area (Å²) in [5, 5.41) is 0.770. The number of thioether (sulfide) groups is 1. The molecule has 3 heterocycles. The second-order valence-electron chi connectivity index (χ2n) is 6.94. The molecular weight excluding hydrogens is 428 g/mol. The summed E-state index contributed by atoms with van der Waals surface area (Å²) in [5.74, 6) is 0.285. The van der Waals surface area contributed by atoms with Crippen molar-refractivity contribution < 1.29 is 9.53 Å². The highest BCUT2D eigenvalue weighted by Crippen LogP contribution is 2.48. The molecule has 0 aliphatic carbocycles. The van der Waals surface area contributed by atoms with Crippen molar-refractivity contribution in [3.05, 3.63) is 66.9 Å².